The molecule has 0 bridgehead atoms. The van der Waals surface area contributed by atoms with Gasteiger partial charge in [0, 0.05) is 17.1 Å². The summed E-state index contributed by atoms with van der Waals surface area (Å²) in [6, 6.07) is 11.9. The molecule has 3 N–H and O–H groups in total. The van der Waals surface area contributed by atoms with Crippen molar-refractivity contribution in [1.29, 1.82) is 0 Å². The van der Waals surface area contributed by atoms with E-state index in [0.29, 0.717) is 0 Å². The molecule has 0 atom stereocenters. The van der Waals surface area contributed by atoms with Crippen LogP contribution in [0, 0.1) is 13.8 Å². The Balaban J connectivity index is 2.26. The largest absolute Gasteiger partial charge is 0.496 e. The third-order valence-corrected chi connectivity index (χ3v) is 2.92. The van der Waals surface area contributed by atoms with Gasteiger partial charge in [-0.05, 0) is 61.4 Å². The number of benzene rings is 2. The van der Waals surface area contributed by atoms with Crippen LogP contribution >= 0.6 is 0 Å². The fourth-order valence-electron chi connectivity index (χ4n) is 1.94. The maximum atomic E-state index is 5.74. The summed E-state index contributed by atoms with van der Waals surface area (Å²) >= 11 is 0. The van der Waals surface area contributed by atoms with Gasteiger partial charge in [0.2, 0.25) is 0 Å². The molecule has 0 aromatic heterocycles. The number of nitrogens with two attached hydrogens (primary N) is 1. The van der Waals surface area contributed by atoms with Gasteiger partial charge in [0.15, 0.2) is 0 Å². The van der Waals surface area contributed by atoms with E-state index in [9.17, 15) is 0 Å². The Morgan fingerprint density at radius 1 is 1.00 bits per heavy atom. The molecule has 0 aliphatic rings. The maximum Gasteiger partial charge on any atom is 0.121 e. The van der Waals surface area contributed by atoms with E-state index in [1.807, 2.05) is 44.2 Å². The average Bonchev–Trinajstić information content (AvgIpc) is 2.33. The van der Waals surface area contributed by atoms with Gasteiger partial charge in [-0.25, -0.2) is 0 Å². The molecule has 0 amide bonds. The molecule has 2 aromatic carbocycles. The molecule has 94 valence electrons. The molecule has 18 heavy (non-hydrogen) atoms. The number of hydrogen-bond acceptors (Lipinski definition) is 3. The van der Waals surface area contributed by atoms with Gasteiger partial charge in [-0.3, -0.25) is 0 Å². The van der Waals surface area contributed by atoms with Gasteiger partial charge in [-0.1, -0.05) is 0 Å². The van der Waals surface area contributed by atoms with Gasteiger partial charge in [0.1, 0.15) is 5.75 Å². The van der Waals surface area contributed by atoms with Crippen molar-refractivity contribution in [3.63, 3.8) is 0 Å². The first-order valence-electron chi connectivity index (χ1n) is 5.88. The molecule has 0 heterocycles. The summed E-state index contributed by atoms with van der Waals surface area (Å²) in [5, 5.41) is 3.38. The van der Waals surface area contributed by atoms with Crippen LogP contribution in [0.5, 0.6) is 5.75 Å². The first-order valence-corrected chi connectivity index (χ1v) is 5.88. The summed E-state index contributed by atoms with van der Waals surface area (Å²) < 4.78 is 5.25. The van der Waals surface area contributed by atoms with Crippen LogP contribution in [-0.4, -0.2) is 7.11 Å². The van der Waals surface area contributed by atoms with Crippen LogP contribution in [0.25, 0.3) is 0 Å². The number of anilines is 3. The minimum absolute atomic E-state index is 0.781. The van der Waals surface area contributed by atoms with Crippen molar-refractivity contribution >= 4 is 17.1 Å². The van der Waals surface area contributed by atoms with E-state index in [1.165, 1.54) is 0 Å². The normalized spacial score (nSPS) is 10.2. The molecule has 0 saturated heterocycles. The van der Waals surface area contributed by atoms with Gasteiger partial charge in [0.25, 0.3) is 0 Å². The van der Waals surface area contributed by atoms with Gasteiger partial charge in [0.05, 0.1) is 7.11 Å². The van der Waals surface area contributed by atoms with E-state index in [0.717, 1.165) is 33.9 Å². The monoisotopic (exact) mass is 242 g/mol. The minimum Gasteiger partial charge on any atom is -0.496 e. The Morgan fingerprint density at radius 2 is 1.78 bits per heavy atom. The molecule has 0 aliphatic heterocycles. The summed E-state index contributed by atoms with van der Waals surface area (Å²) in [5.74, 6) is 0.898. The molecule has 0 spiro atoms. The van der Waals surface area contributed by atoms with Crippen LogP contribution in [0.4, 0.5) is 17.1 Å². The summed E-state index contributed by atoms with van der Waals surface area (Å²) in [6.45, 7) is 4.06. The summed E-state index contributed by atoms with van der Waals surface area (Å²) in [5.41, 5.74) is 10.9. The van der Waals surface area contributed by atoms with E-state index in [1.54, 1.807) is 7.11 Å². The second-order valence-corrected chi connectivity index (χ2v) is 4.38. The van der Waals surface area contributed by atoms with Crippen molar-refractivity contribution in [1.82, 2.24) is 0 Å². The molecule has 2 aromatic rings. The smallest absolute Gasteiger partial charge is 0.121 e. The van der Waals surface area contributed by atoms with Crippen LogP contribution in [0.2, 0.25) is 0 Å². The molecule has 0 fully saturated rings. The lowest BCUT2D eigenvalue weighted by atomic mass is 10.1. The predicted octanol–water partition coefficient (Wildman–Crippen LogP) is 3.64. The zero-order valence-electron chi connectivity index (χ0n) is 10.9. The first-order chi connectivity index (χ1) is 8.60. The minimum atomic E-state index is 0.781. The summed E-state index contributed by atoms with van der Waals surface area (Å²) in [7, 11) is 1.68. The van der Waals surface area contributed by atoms with Crippen LogP contribution < -0.4 is 15.8 Å². The molecular weight excluding hydrogens is 224 g/mol. The van der Waals surface area contributed by atoms with Crippen molar-refractivity contribution in [2.24, 2.45) is 0 Å². The molecular formula is C15H18N2O. The van der Waals surface area contributed by atoms with Crippen LogP contribution in [0.15, 0.2) is 36.4 Å². The maximum absolute atomic E-state index is 5.74. The van der Waals surface area contributed by atoms with Crippen molar-refractivity contribution in [2.75, 3.05) is 18.2 Å². The van der Waals surface area contributed by atoms with E-state index >= 15 is 0 Å². The Morgan fingerprint density at radius 3 is 2.39 bits per heavy atom. The van der Waals surface area contributed by atoms with E-state index in [2.05, 4.69) is 11.4 Å². The van der Waals surface area contributed by atoms with Crippen LogP contribution in [-0.2, 0) is 0 Å². The summed E-state index contributed by atoms with van der Waals surface area (Å²) in [6.07, 6.45) is 0. The Hall–Kier alpha value is -2.16. The van der Waals surface area contributed by atoms with Crippen molar-refractivity contribution in [3.05, 3.63) is 47.5 Å². The quantitative estimate of drug-likeness (QED) is 0.808. The fraction of sp³-hybridized carbons (Fsp3) is 0.200. The topological polar surface area (TPSA) is 47.3 Å². The lowest BCUT2D eigenvalue weighted by Crippen LogP contribution is -1.96. The number of rotatable bonds is 3. The number of nitrogens with one attached hydrogen (secondary N) is 1. The lowest BCUT2D eigenvalue weighted by Gasteiger charge is -2.12. The zero-order chi connectivity index (χ0) is 13.1. The SMILES string of the molecule is COc1ccc(Nc2ccc(N)cc2C)cc1C. The second kappa shape index (κ2) is 5.00. The van der Waals surface area contributed by atoms with Gasteiger partial charge in [-0.2, -0.15) is 0 Å². The van der Waals surface area contributed by atoms with Crippen LogP contribution in [0.3, 0.4) is 0 Å². The molecule has 0 aliphatic carbocycles. The van der Waals surface area contributed by atoms with E-state index in [-0.39, 0.29) is 0 Å². The molecule has 0 unspecified atom stereocenters. The fourth-order valence-corrected chi connectivity index (χ4v) is 1.94. The second-order valence-electron chi connectivity index (χ2n) is 4.38. The third-order valence-electron chi connectivity index (χ3n) is 2.92. The van der Waals surface area contributed by atoms with Crippen molar-refractivity contribution in [2.45, 2.75) is 13.8 Å². The number of hydrogen-bond donors (Lipinski definition) is 2. The summed E-state index contributed by atoms with van der Waals surface area (Å²) in [4.78, 5) is 0. The molecule has 0 saturated carbocycles. The predicted molar refractivity (Wildman–Crippen MR) is 76.6 cm³/mol. The number of methoxy groups -OCH3 is 1. The third kappa shape index (κ3) is 2.56. The molecule has 3 heteroatoms. The van der Waals surface area contributed by atoms with E-state index in [4.69, 9.17) is 10.5 Å². The highest BCUT2D eigenvalue weighted by molar-refractivity contribution is 5.66. The molecule has 3 nitrogen and oxygen atoms in total. The van der Waals surface area contributed by atoms with Gasteiger partial charge < -0.3 is 15.8 Å². The molecule has 0 radical (unpaired) electrons. The Kier molecular flexibility index (Phi) is 3.42. The highest BCUT2D eigenvalue weighted by Crippen LogP contribution is 2.26. The zero-order valence-corrected chi connectivity index (χ0v) is 10.9. The number of aryl methyl sites for hydroxylation is 2. The molecule has 2 rings (SSSR count). The van der Waals surface area contributed by atoms with Gasteiger partial charge >= 0.3 is 0 Å². The highest BCUT2D eigenvalue weighted by Gasteiger charge is 2.02. The van der Waals surface area contributed by atoms with Gasteiger partial charge in [-0.15, -0.1) is 0 Å². The number of nitrogen functional groups attached to an aromatic ring is 1. The number of ether oxygens (including phenoxy) is 1. The Labute approximate surface area is 108 Å². The van der Waals surface area contributed by atoms with Crippen LogP contribution in [0.1, 0.15) is 11.1 Å². The lowest BCUT2D eigenvalue weighted by molar-refractivity contribution is 0.412. The van der Waals surface area contributed by atoms with Crippen molar-refractivity contribution < 1.29 is 4.74 Å². The van der Waals surface area contributed by atoms with E-state index < -0.39 is 0 Å². The Bertz CT molecular complexity index is 564. The average molecular weight is 242 g/mol. The first kappa shape index (κ1) is 12.3. The highest BCUT2D eigenvalue weighted by atomic mass is 16.5. The standard InChI is InChI=1S/C15H18N2O/c1-10-8-12(16)4-6-14(10)17-13-5-7-15(18-3)11(2)9-13/h4-9,17H,16H2,1-3H3. The van der Waals surface area contributed by atoms with Crippen molar-refractivity contribution in [3.8, 4) is 5.75 Å².